The Morgan fingerprint density at radius 2 is 2.04 bits per heavy atom. The Morgan fingerprint density at radius 1 is 1.38 bits per heavy atom. The van der Waals surface area contributed by atoms with Gasteiger partial charge in [0.1, 0.15) is 5.82 Å². The van der Waals surface area contributed by atoms with Crippen LogP contribution in [0.1, 0.15) is 38.2 Å². The molecule has 26 heavy (non-hydrogen) atoms. The summed E-state index contributed by atoms with van der Waals surface area (Å²) in [5.74, 6) is -0.0732. The third-order valence-corrected chi connectivity index (χ3v) is 3.66. The maximum absolute atomic E-state index is 12.5. The fourth-order valence-electron chi connectivity index (χ4n) is 2.02. The summed E-state index contributed by atoms with van der Waals surface area (Å²) in [4.78, 5) is 15.5. The number of anilines is 1. The molecule has 1 unspecified atom stereocenters. The van der Waals surface area contributed by atoms with Gasteiger partial charge in [-0.15, -0.1) is 24.8 Å². The van der Waals surface area contributed by atoms with Crippen molar-refractivity contribution in [3.8, 4) is 0 Å². The first-order valence-electron chi connectivity index (χ1n) is 7.74. The molecule has 0 aromatic carbocycles. The van der Waals surface area contributed by atoms with Crippen molar-refractivity contribution in [3.63, 3.8) is 0 Å². The van der Waals surface area contributed by atoms with E-state index in [0.717, 1.165) is 25.3 Å². The summed E-state index contributed by atoms with van der Waals surface area (Å²) >= 11 is 5.77. The van der Waals surface area contributed by atoms with Crippen LogP contribution < -0.4 is 16.4 Å². The Kier molecular flexibility index (Phi) is 13.9. The summed E-state index contributed by atoms with van der Waals surface area (Å²) in [6.45, 7) is 2.63. The molecule has 0 aliphatic rings. The average Bonchev–Trinajstić information content (AvgIpc) is 2.51. The zero-order valence-electron chi connectivity index (χ0n) is 14.2. The molecule has 0 aliphatic heterocycles. The van der Waals surface area contributed by atoms with Crippen LogP contribution in [0.2, 0.25) is 5.02 Å². The number of hydrogen-bond acceptors (Lipinski definition) is 4. The molecule has 0 radical (unpaired) electrons. The third kappa shape index (κ3) is 9.66. The number of nitrogens with zero attached hydrogens (tertiary/aromatic N) is 1. The number of halogens is 6. The van der Waals surface area contributed by atoms with Gasteiger partial charge in [0, 0.05) is 31.7 Å². The number of nitrogens with one attached hydrogen (secondary N) is 2. The molecule has 0 fully saturated rings. The third-order valence-electron chi connectivity index (χ3n) is 3.37. The molecule has 0 bridgehead atoms. The van der Waals surface area contributed by atoms with Crippen LogP contribution in [0.3, 0.4) is 0 Å². The molecule has 0 saturated carbocycles. The molecule has 1 aromatic heterocycles. The first-order valence-corrected chi connectivity index (χ1v) is 8.11. The summed E-state index contributed by atoms with van der Waals surface area (Å²) in [6.07, 6.45) is -0.841. The van der Waals surface area contributed by atoms with E-state index >= 15 is 0 Å². The Morgan fingerprint density at radius 3 is 2.54 bits per heavy atom. The highest BCUT2D eigenvalue weighted by molar-refractivity contribution is 6.32. The van der Waals surface area contributed by atoms with E-state index in [2.05, 4.69) is 22.5 Å². The summed E-state index contributed by atoms with van der Waals surface area (Å²) in [7, 11) is 0. The van der Waals surface area contributed by atoms with Crippen LogP contribution in [0.4, 0.5) is 19.0 Å². The highest BCUT2D eigenvalue weighted by atomic mass is 35.5. The van der Waals surface area contributed by atoms with E-state index in [1.807, 2.05) is 0 Å². The van der Waals surface area contributed by atoms with Crippen molar-refractivity contribution in [1.29, 1.82) is 0 Å². The van der Waals surface area contributed by atoms with E-state index in [9.17, 15) is 18.0 Å². The van der Waals surface area contributed by atoms with Crippen molar-refractivity contribution in [2.75, 3.05) is 18.4 Å². The van der Waals surface area contributed by atoms with Gasteiger partial charge in [0.15, 0.2) is 0 Å². The molecule has 0 aliphatic carbocycles. The largest absolute Gasteiger partial charge is 0.417 e. The predicted molar refractivity (Wildman–Crippen MR) is 102 cm³/mol. The second kappa shape index (κ2) is 13.2. The van der Waals surface area contributed by atoms with E-state index in [-0.39, 0.29) is 60.6 Å². The normalized spacial score (nSPS) is 11.8. The van der Waals surface area contributed by atoms with Gasteiger partial charge in [-0.25, -0.2) is 4.98 Å². The quantitative estimate of drug-likeness (QED) is 0.543. The van der Waals surface area contributed by atoms with Crippen LogP contribution in [-0.2, 0) is 11.0 Å². The van der Waals surface area contributed by atoms with Crippen molar-refractivity contribution < 1.29 is 18.0 Å². The molecule has 0 saturated heterocycles. The van der Waals surface area contributed by atoms with Crippen molar-refractivity contribution in [2.45, 2.75) is 44.8 Å². The lowest BCUT2D eigenvalue weighted by atomic mass is 10.1. The van der Waals surface area contributed by atoms with Crippen LogP contribution in [0.5, 0.6) is 0 Å². The standard InChI is InChI=1S/C15H22ClF3N4O.2ClH/c1-2-3-4-11(8-20)23-13(24)5-6-21-14-12(16)7-10(9-22-14)15(17,18)19;;/h7,9,11H,2-6,8,20H2,1H3,(H,21,22)(H,23,24);2*1H. The number of alkyl halides is 3. The summed E-state index contributed by atoms with van der Waals surface area (Å²) in [5, 5.41) is 5.43. The Balaban J connectivity index is 0. The topological polar surface area (TPSA) is 80.0 Å². The van der Waals surface area contributed by atoms with Crippen molar-refractivity contribution in [3.05, 3.63) is 22.8 Å². The molecule has 1 rings (SSSR count). The van der Waals surface area contributed by atoms with Crippen molar-refractivity contribution in [2.24, 2.45) is 5.73 Å². The number of carbonyl (C=O) groups excluding carboxylic acids is 1. The van der Waals surface area contributed by atoms with Gasteiger partial charge in [-0.05, 0) is 12.5 Å². The van der Waals surface area contributed by atoms with E-state index in [1.165, 1.54) is 0 Å². The monoisotopic (exact) mass is 438 g/mol. The maximum Gasteiger partial charge on any atom is 0.417 e. The van der Waals surface area contributed by atoms with E-state index in [4.69, 9.17) is 17.3 Å². The Bertz CT molecular complexity index is 547. The zero-order valence-corrected chi connectivity index (χ0v) is 16.6. The highest BCUT2D eigenvalue weighted by Crippen LogP contribution is 2.32. The Hall–Kier alpha value is -0.960. The number of aromatic nitrogens is 1. The van der Waals surface area contributed by atoms with Gasteiger partial charge < -0.3 is 16.4 Å². The lowest BCUT2D eigenvalue weighted by molar-refractivity contribution is -0.137. The smallest absolute Gasteiger partial charge is 0.368 e. The first kappa shape index (κ1) is 27.3. The molecule has 1 amide bonds. The van der Waals surface area contributed by atoms with Crippen LogP contribution in [-0.4, -0.2) is 30.0 Å². The van der Waals surface area contributed by atoms with Gasteiger partial charge >= 0.3 is 6.18 Å². The van der Waals surface area contributed by atoms with Crippen LogP contribution in [0, 0.1) is 0 Å². The lowest BCUT2D eigenvalue weighted by Crippen LogP contribution is -2.40. The molecule has 4 N–H and O–H groups in total. The van der Waals surface area contributed by atoms with Gasteiger partial charge in [0.25, 0.3) is 0 Å². The molecule has 1 heterocycles. The van der Waals surface area contributed by atoms with Crippen LogP contribution in [0.15, 0.2) is 12.3 Å². The number of nitrogens with two attached hydrogens (primary N) is 1. The fourth-order valence-corrected chi connectivity index (χ4v) is 2.25. The molecule has 1 aromatic rings. The van der Waals surface area contributed by atoms with E-state index in [1.54, 1.807) is 0 Å². The minimum atomic E-state index is -4.50. The zero-order chi connectivity index (χ0) is 18.2. The number of unbranched alkanes of at least 4 members (excludes halogenated alkanes) is 1. The number of carbonyl (C=O) groups is 1. The summed E-state index contributed by atoms with van der Waals surface area (Å²) in [5.41, 5.74) is 4.68. The van der Waals surface area contributed by atoms with Crippen molar-refractivity contribution >= 4 is 48.1 Å². The van der Waals surface area contributed by atoms with E-state index < -0.39 is 11.7 Å². The van der Waals surface area contributed by atoms with Gasteiger partial charge in [-0.3, -0.25) is 4.79 Å². The average molecular weight is 440 g/mol. The number of rotatable bonds is 9. The van der Waals surface area contributed by atoms with Gasteiger partial charge in [-0.1, -0.05) is 31.4 Å². The van der Waals surface area contributed by atoms with Crippen molar-refractivity contribution in [1.82, 2.24) is 10.3 Å². The minimum absolute atomic E-state index is 0. The Labute approximate surface area is 168 Å². The van der Waals surface area contributed by atoms with Crippen LogP contribution >= 0.6 is 36.4 Å². The molecule has 5 nitrogen and oxygen atoms in total. The molecular formula is C15H24Cl3F3N4O. The number of amides is 1. The highest BCUT2D eigenvalue weighted by Gasteiger charge is 2.31. The van der Waals surface area contributed by atoms with Gasteiger partial charge in [0.2, 0.25) is 5.91 Å². The second-order valence-electron chi connectivity index (χ2n) is 5.37. The minimum Gasteiger partial charge on any atom is -0.368 e. The molecule has 152 valence electrons. The van der Waals surface area contributed by atoms with Gasteiger partial charge in [-0.2, -0.15) is 13.2 Å². The maximum atomic E-state index is 12.5. The molecular weight excluding hydrogens is 416 g/mol. The molecule has 1 atom stereocenters. The first-order chi connectivity index (χ1) is 11.3. The van der Waals surface area contributed by atoms with Gasteiger partial charge in [0.05, 0.1) is 10.6 Å². The molecule has 11 heteroatoms. The summed E-state index contributed by atoms with van der Waals surface area (Å²) < 4.78 is 37.6. The van der Waals surface area contributed by atoms with Crippen LogP contribution in [0.25, 0.3) is 0 Å². The number of pyridine rings is 1. The van der Waals surface area contributed by atoms with E-state index in [0.29, 0.717) is 12.7 Å². The lowest BCUT2D eigenvalue weighted by Gasteiger charge is -2.16. The number of hydrogen-bond donors (Lipinski definition) is 3. The SMILES string of the molecule is CCCCC(CN)NC(=O)CCNc1ncc(C(F)(F)F)cc1Cl.Cl.Cl. The second-order valence-corrected chi connectivity index (χ2v) is 5.78. The fraction of sp³-hybridized carbons (Fsp3) is 0.600. The summed E-state index contributed by atoms with van der Waals surface area (Å²) in [6, 6.07) is 0.733. The molecule has 0 spiro atoms. The predicted octanol–water partition coefficient (Wildman–Crippen LogP) is 4.03.